The highest BCUT2D eigenvalue weighted by Gasteiger charge is 2.49. The molecule has 0 spiro atoms. The van der Waals surface area contributed by atoms with E-state index in [1.165, 1.54) is 26.0 Å². The van der Waals surface area contributed by atoms with E-state index in [-0.39, 0.29) is 39.5 Å². The van der Waals surface area contributed by atoms with Gasteiger partial charge in [-0.15, -0.1) is 0 Å². The molecule has 9 heteroatoms. The fourth-order valence-corrected chi connectivity index (χ4v) is 5.93. The lowest BCUT2D eigenvalue weighted by molar-refractivity contribution is -0.137. The summed E-state index contributed by atoms with van der Waals surface area (Å²) in [6, 6.07) is 7.31. The molecular formula is C22H21ClF4O3S. The maximum atomic E-state index is 13.5. The Morgan fingerprint density at radius 3 is 2.32 bits per heavy atom. The monoisotopic (exact) mass is 476 g/mol. The van der Waals surface area contributed by atoms with E-state index in [0.29, 0.717) is 18.9 Å². The fraction of sp³-hybridized carbons (Fsp3) is 0.409. The van der Waals surface area contributed by atoms with E-state index in [0.717, 1.165) is 24.3 Å². The summed E-state index contributed by atoms with van der Waals surface area (Å²) in [7, 11) is -4.05. The zero-order chi connectivity index (χ0) is 23.2. The molecule has 0 unspecified atom stereocenters. The molecule has 1 saturated carbocycles. The molecule has 0 aliphatic heterocycles. The van der Waals surface area contributed by atoms with Gasteiger partial charge in [0.15, 0.2) is 15.6 Å². The van der Waals surface area contributed by atoms with Crippen molar-refractivity contribution < 1.29 is 30.8 Å². The number of Topliss-reactive ketones (excluding diaryl/α,β-unsaturated/α-hetero) is 1. The van der Waals surface area contributed by atoms with E-state index >= 15 is 0 Å². The summed E-state index contributed by atoms with van der Waals surface area (Å²) in [6.07, 6.45) is -3.66. The Morgan fingerprint density at radius 2 is 1.74 bits per heavy atom. The molecule has 1 aliphatic carbocycles. The number of halogens is 5. The van der Waals surface area contributed by atoms with Crippen LogP contribution in [0.4, 0.5) is 17.6 Å². The Labute approximate surface area is 183 Å². The van der Waals surface area contributed by atoms with Gasteiger partial charge >= 0.3 is 6.18 Å². The van der Waals surface area contributed by atoms with Gasteiger partial charge in [0.05, 0.1) is 15.2 Å². The zero-order valence-electron chi connectivity index (χ0n) is 16.8. The number of hydrogen-bond donors (Lipinski definition) is 0. The molecule has 1 fully saturated rings. The van der Waals surface area contributed by atoms with E-state index in [1.807, 2.05) is 0 Å². The van der Waals surface area contributed by atoms with E-state index in [1.54, 1.807) is 0 Å². The Bertz CT molecular complexity index is 1080. The molecular weight excluding hydrogens is 456 g/mol. The van der Waals surface area contributed by atoms with Crippen molar-refractivity contribution in [3.63, 3.8) is 0 Å². The summed E-state index contributed by atoms with van der Waals surface area (Å²) < 4.78 is 77.3. The second-order valence-electron chi connectivity index (χ2n) is 8.45. The van der Waals surface area contributed by atoms with Crippen LogP contribution in [0.1, 0.15) is 49.0 Å². The number of rotatable bonds is 6. The summed E-state index contributed by atoms with van der Waals surface area (Å²) in [6.45, 7) is 3.00. The van der Waals surface area contributed by atoms with Gasteiger partial charge in [0.1, 0.15) is 5.82 Å². The first-order valence-electron chi connectivity index (χ1n) is 9.63. The molecule has 0 aromatic heterocycles. The molecule has 0 saturated heterocycles. The molecule has 168 valence electrons. The lowest BCUT2D eigenvalue weighted by Gasteiger charge is -2.44. The fourth-order valence-electron chi connectivity index (χ4n) is 3.93. The summed E-state index contributed by atoms with van der Waals surface area (Å²) in [4.78, 5) is 12.0. The number of alkyl halides is 3. The first-order valence-corrected chi connectivity index (χ1v) is 11.5. The van der Waals surface area contributed by atoms with Crippen LogP contribution in [0.2, 0.25) is 5.02 Å². The van der Waals surface area contributed by atoms with Crippen LogP contribution >= 0.6 is 11.6 Å². The van der Waals surface area contributed by atoms with Crippen molar-refractivity contribution in [3.8, 4) is 0 Å². The van der Waals surface area contributed by atoms with Crippen LogP contribution in [0, 0.1) is 17.7 Å². The maximum absolute atomic E-state index is 13.5. The second kappa shape index (κ2) is 8.20. The lowest BCUT2D eigenvalue weighted by atomic mass is 9.67. The lowest BCUT2D eigenvalue weighted by Crippen LogP contribution is -2.46. The first kappa shape index (κ1) is 23.7. The molecule has 31 heavy (non-hydrogen) atoms. The number of ketones is 1. The molecule has 0 atom stereocenters. The highest BCUT2D eigenvalue weighted by atomic mass is 35.5. The van der Waals surface area contributed by atoms with Crippen molar-refractivity contribution in [2.75, 3.05) is 0 Å². The van der Waals surface area contributed by atoms with Gasteiger partial charge in [-0.3, -0.25) is 4.79 Å². The van der Waals surface area contributed by atoms with Crippen LogP contribution in [-0.4, -0.2) is 18.9 Å². The van der Waals surface area contributed by atoms with E-state index in [2.05, 4.69) is 0 Å². The van der Waals surface area contributed by atoms with Crippen LogP contribution in [0.15, 0.2) is 47.4 Å². The standard InChI is InChI=1S/C22H21ClF4O3S/c1-21(2,31(29,30)19-5-3-4-15(11-19)22(25,26)27)16-6-13(7-16)8-20(28)14-9-17(23)12-18(24)10-14/h3-5,9-13,16H,6-8H2,1-2H3. The second-order valence-corrected chi connectivity index (χ2v) is 11.4. The molecule has 2 aromatic carbocycles. The van der Waals surface area contributed by atoms with Crippen molar-refractivity contribution in [2.24, 2.45) is 11.8 Å². The van der Waals surface area contributed by atoms with Crippen LogP contribution < -0.4 is 0 Å². The van der Waals surface area contributed by atoms with E-state index in [9.17, 15) is 30.8 Å². The van der Waals surface area contributed by atoms with Crippen LogP contribution in [0.5, 0.6) is 0 Å². The Balaban J connectivity index is 1.71. The third-order valence-electron chi connectivity index (χ3n) is 6.04. The largest absolute Gasteiger partial charge is 0.416 e. The molecule has 0 bridgehead atoms. The Hall–Kier alpha value is -1.93. The Kier molecular flexibility index (Phi) is 6.28. The third kappa shape index (κ3) is 4.80. The minimum Gasteiger partial charge on any atom is -0.294 e. The van der Waals surface area contributed by atoms with Gasteiger partial charge in [-0.2, -0.15) is 13.2 Å². The van der Waals surface area contributed by atoms with Crippen LogP contribution in [0.3, 0.4) is 0 Å². The van der Waals surface area contributed by atoms with Crippen molar-refractivity contribution >= 4 is 27.2 Å². The summed E-state index contributed by atoms with van der Waals surface area (Å²) in [5.74, 6) is -1.31. The third-order valence-corrected chi connectivity index (χ3v) is 8.85. The molecule has 0 radical (unpaired) electrons. The smallest absolute Gasteiger partial charge is 0.294 e. The van der Waals surface area contributed by atoms with E-state index in [4.69, 9.17) is 11.6 Å². The predicted octanol–water partition coefficient (Wildman–Crippen LogP) is 6.35. The number of carbonyl (C=O) groups is 1. The molecule has 0 heterocycles. The average Bonchev–Trinajstić information content (AvgIpc) is 2.62. The van der Waals surface area contributed by atoms with Gasteiger partial charge < -0.3 is 0 Å². The van der Waals surface area contributed by atoms with Crippen LogP contribution in [0.25, 0.3) is 0 Å². The van der Waals surface area contributed by atoms with Gasteiger partial charge in [-0.05, 0) is 74.9 Å². The quantitative estimate of drug-likeness (QED) is 0.360. The van der Waals surface area contributed by atoms with Gasteiger partial charge in [-0.25, -0.2) is 12.8 Å². The topological polar surface area (TPSA) is 51.2 Å². The van der Waals surface area contributed by atoms with Crippen molar-refractivity contribution in [1.29, 1.82) is 0 Å². The van der Waals surface area contributed by atoms with Crippen LogP contribution in [-0.2, 0) is 16.0 Å². The van der Waals surface area contributed by atoms with Gasteiger partial charge in [0.25, 0.3) is 0 Å². The highest BCUT2D eigenvalue weighted by molar-refractivity contribution is 7.92. The molecule has 0 N–H and O–H groups in total. The number of hydrogen-bond acceptors (Lipinski definition) is 3. The first-order chi connectivity index (χ1) is 14.2. The predicted molar refractivity (Wildman–Crippen MR) is 109 cm³/mol. The minimum absolute atomic E-state index is 0.0875. The molecule has 3 rings (SSSR count). The van der Waals surface area contributed by atoms with Gasteiger partial charge in [0.2, 0.25) is 0 Å². The van der Waals surface area contributed by atoms with E-state index < -0.39 is 32.1 Å². The number of sulfone groups is 1. The normalized spacial score (nSPS) is 19.7. The summed E-state index contributed by atoms with van der Waals surface area (Å²) >= 11 is 5.78. The maximum Gasteiger partial charge on any atom is 0.416 e. The van der Waals surface area contributed by atoms with Gasteiger partial charge in [-0.1, -0.05) is 17.7 Å². The zero-order valence-corrected chi connectivity index (χ0v) is 18.4. The van der Waals surface area contributed by atoms with Gasteiger partial charge in [0, 0.05) is 17.0 Å². The van der Waals surface area contributed by atoms with Crippen molar-refractivity contribution in [1.82, 2.24) is 0 Å². The molecule has 1 aliphatic rings. The Morgan fingerprint density at radius 1 is 1.10 bits per heavy atom. The average molecular weight is 477 g/mol. The molecule has 3 nitrogen and oxygen atoms in total. The SMILES string of the molecule is CC(C)(C1CC(CC(=O)c2cc(F)cc(Cl)c2)C1)S(=O)(=O)c1cccc(C(F)(F)F)c1. The number of carbonyl (C=O) groups excluding carboxylic acids is 1. The van der Waals surface area contributed by atoms with Crippen molar-refractivity contribution in [3.05, 3.63) is 64.4 Å². The molecule has 2 aromatic rings. The number of benzene rings is 2. The minimum atomic E-state index is -4.64. The molecule has 0 amide bonds. The highest BCUT2D eigenvalue weighted by Crippen LogP contribution is 2.48. The summed E-state index contributed by atoms with van der Waals surface area (Å²) in [5.41, 5.74) is -0.862. The summed E-state index contributed by atoms with van der Waals surface area (Å²) in [5, 5.41) is 0.114. The van der Waals surface area contributed by atoms with Crippen molar-refractivity contribution in [2.45, 2.75) is 48.9 Å².